The van der Waals surface area contributed by atoms with E-state index in [1.807, 2.05) is 11.9 Å². The van der Waals surface area contributed by atoms with Crippen molar-refractivity contribution >= 4 is 13.5 Å². The molecule has 8 nitrogen and oxygen atoms in total. The molecule has 0 aliphatic carbocycles. The quantitative estimate of drug-likeness (QED) is 0.645. The molecule has 1 aliphatic rings. The van der Waals surface area contributed by atoms with Gasteiger partial charge in [-0.1, -0.05) is 0 Å². The van der Waals surface area contributed by atoms with Crippen molar-refractivity contribution in [2.24, 2.45) is 0 Å². The molecule has 1 aromatic heterocycles. The number of anilines is 1. The van der Waals surface area contributed by atoms with E-state index < -0.39 is 12.9 Å². The lowest BCUT2D eigenvalue weighted by atomic mass is 10.2. The number of hydrogen-bond donors (Lipinski definition) is 3. The summed E-state index contributed by atoms with van der Waals surface area (Å²) in [5.41, 5.74) is 0.00344. The highest BCUT2D eigenvalue weighted by molar-refractivity contribution is 7.52. The van der Waals surface area contributed by atoms with Crippen molar-refractivity contribution in [3.8, 4) is 0 Å². The van der Waals surface area contributed by atoms with Gasteiger partial charge in [0.1, 0.15) is 0 Å². The van der Waals surface area contributed by atoms with E-state index in [1.54, 1.807) is 0 Å². The molecule has 9 heteroatoms. The van der Waals surface area contributed by atoms with E-state index in [0.29, 0.717) is 5.95 Å². The summed E-state index contributed by atoms with van der Waals surface area (Å²) >= 11 is 0. The van der Waals surface area contributed by atoms with Crippen LogP contribution in [0.25, 0.3) is 0 Å². The van der Waals surface area contributed by atoms with Crippen LogP contribution in [-0.4, -0.2) is 63.0 Å². The topological polar surface area (TPSA) is 110 Å². The lowest BCUT2D eigenvalue weighted by Gasteiger charge is -2.32. The van der Waals surface area contributed by atoms with Crippen LogP contribution in [0, 0.1) is 0 Å². The molecule has 0 radical (unpaired) electrons. The van der Waals surface area contributed by atoms with Crippen LogP contribution in [0.2, 0.25) is 0 Å². The maximum absolute atomic E-state index is 11.2. The molecule has 20 heavy (non-hydrogen) atoms. The van der Waals surface area contributed by atoms with Crippen LogP contribution in [0.15, 0.2) is 12.4 Å². The van der Waals surface area contributed by atoms with Gasteiger partial charge in [0.2, 0.25) is 5.95 Å². The van der Waals surface area contributed by atoms with Crippen LogP contribution in [0.1, 0.15) is 12.5 Å². The molecule has 0 saturated carbocycles. The Morgan fingerprint density at radius 1 is 1.20 bits per heavy atom. The molecule has 0 bridgehead atoms. The fraction of sp³-hybridized carbons (Fsp3) is 0.636. The first-order chi connectivity index (χ1) is 9.22. The summed E-state index contributed by atoms with van der Waals surface area (Å²) < 4.78 is 11.2. The van der Waals surface area contributed by atoms with E-state index in [9.17, 15) is 9.67 Å². The molecule has 0 amide bonds. The Labute approximate surface area is 117 Å². The van der Waals surface area contributed by atoms with Crippen molar-refractivity contribution in [1.82, 2.24) is 14.9 Å². The van der Waals surface area contributed by atoms with Gasteiger partial charge in [0.25, 0.3) is 0 Å². The number of nitrogens with zero attached hydrogens (tertiary/aromatic N) is 4. The maximum atomic E-state index is 11.2. The van der Waals surface area contributed by atoms with Gasteiger partial charge in [-0.3, -0.25) is 4.57 Å². The predicted octanol–water partition coefficient (Wildman–Crippen LogP) is -0.429. The Kier molecular flexibility index (Phi) is 4.13. The fourth-order valence-corrected chi connectivity index (χ4v) is 2.36. The van der Waals surface area contributed by atoms with Crippen LogP contribution in [-0.2, 0) is 9.91 Å². The Hall–Kier alpha value is -1.05. The zero-order valence-electron chi connectivity index (χ0n) is 11.5. The number of likely N-dealkylation sites (N-methyl/N-ethyl adjacent to an activating group) is 1. The molecule has 0 spiro atoms. The highest BCUT2D eigenvalue weighted by atomic mass is 31.2. The second-order valence-electron chi connectivity index (χ2n) is 5.13. The summed E-state index contributed by atoms with van der Waals surface area (Å²) in [6.45, 7) is 4.47. The Morgan fingerprint density at radius 2 is 1.70 bits per heavy atom. The predicted molar refractivity (Wildman–Crippen MR) is 73.4 cm³/mol. The molecule has 3 N–H and O–H groups in total. The molecule has 112 valence electrons. The lowest BCUT2D eigenvalue weighted by Crippen LogP contribution is -2.45. The Balaban J connectivity index is 2.17. The third-order valence-electron chi connectivity index (χ3n) is 3.54. The van der Waals surface area contributed by atoms with E-state index in [1.165, 1.54) is 12.4 Å². The summed E-state index contributed by atoms with van der Waals surface area (Å²) in [4.78, 5) is 30.7. The van der Waals surface area contributed by atoms with Crippen molar-refractivity contribution in [3.63, 3.8) is 0 Å². The zero-order chi connectivity index (χ0) is 15.0. The van der Waals surface area contributed by atoms with Crippen molar-refractivity contribution in [3.05, 3.63) is 18.0 Å². The number of rotatable bonds is 3. The first-order valence-corrected chi connectivity index (χ1v) is 7.87. The zero-order valence-corrected chi connectivity index (χ0v) is 12.4. The van der Waals surface area contributed by atoms with E-state index >= 15 is 0 Å². The molecule has 2 rings (SSSR count). The normalized spacial score (nSPS) is 20.8. The largest absolute Gasteiger partial charge is 0.373 e. The van der Waals surface area contributed by atoms with Gasteiger partial charge in [-0.15, -0.1) is 0 Å². The summed E-state index contributed by atoms with van der Waals surface area (Å²) in [5, 5.41) is 7.62. The average molecular weight is 302 g/mol. The minimum absolute atomic E-state index is 0.00344. The van der Waals surface area contributed by atoms with E-state index in [-0.39, 0.29) is 5.56 Å². The van der Waals surface area contributed by atoms with Crippen molar-refractivity contribution in [2.45, 2.75) is 12.3 Å². The van der Waals surface area contributed by atoms with E-state index in [4.69, 9.17) is 9.79 Å². The van der Waals surface area contributed by atoms with Crippen molar-refractivity contribution in [2.75, 3.05) is 38.1 Å². The SMILES string of the molecule is CN1CCN(c2ncc(C(C)(O)P(=O)(O)O)cn2)CC1. The standard InChI is InChI=1S/C11H19N4O4P/c1-11(16,20(17,18)19)9-7-12-10(13-8-9)15-5-3-14(2)4-6-15/h7-8,16H,3-6H2,1-2H3,(H2,17,18,19). The molecule has 0 aromatic carbocycles. The molecule has 1 atom stereocenters. The third-order valence-corrected chi connectivity index (χ3v) is 4.93. The summed E-state index contributed by atoms with van der Waals surface area (Å²) in [6, 6.07) is 0. The van der Waals surface area contributed by atoms with Crippen LogP contribution < -0.4 is 4.90 Å². The second kappa shape index (κ2) is 5.38. The lowest BCUT2D eigenvalue weighted by molar-refractivity contribution is 0.107. The highest BCUT2D eigenvalue weighted by Gasteiger charge is 2.42. The third kappa shape index (κ3) is 2.99. The number of aliphatic hydroxyl groups is 1. The van der Waals surface area contributed by atoms with Gasteiger partial charge >= 0.3 is 7.60 Å². The van der Waals surface area contributed by atoms with Crippen molar-refractivity contribution in [1.29, 1.82) is 0 Å². The highest BCUT2D eigenvalue weighted by Crippen LogP contribution is 2.54. The van der Waals surface area contributed by atoms with E-state index in [0.717, 1.165) is 33.1 Å². The van der Waals surface area contributed by atoms with Gasteiger partial charge in [0.05, 0.1) is 0 Å². The number of piperazine rings is 1. The Morgan fingerprint density at radius 3 is 2.15 bits per heavy atom. The fourth-order valence-electron chi connectivity index (χ4n) is 1.90. The molecular formula is C11H19N4O4P. The summed E-state index contributed by atoms with van der Waals surface area (Å²) in [6.07, 6.45) is 2.53. The second-order valence-corrected chi connectivity index (χ2v) is 7.09. The van der Waals surface area contributed by atoms with Gasteiger partial charge in [-0.25, -0.2) is 9.97 Å². The van der Waals surface area contributed by atoms with E-state index in [2.05, 4.69) is 14.9 Å². The average Bonchev–Trinajstić information content (AvgIpc) is 2.38. The van der Waals surface area contributed by atoms with Gasteiger partial charge in [-0.2, -0.15) is 0 Å². The van der Waals surface area contributed by atoms with Crippen LogP contribution in [0.3, 0.4) is 0 Å². The van der Waals surface area contributed by atoms with Crippen molar-refractivity contribution < 1.29 is 19.5 Å². The van der Waals surface area contributed by atoms with Crippen LogP contribution in [0.4, 0.5) is 5.95 Å². The molecule has 1 fully saturated rings. The minimum Gasteiger partial charge on any atom is -0.373 e. The first kappa shape index (κ1) is 15.3. The summed E-state index contributed by atoms with van der Waals surface area (Å²) in [7, 11) is -2.65. The molecule has 1 aliphatic heterocycles. The maximum Gasteiger partial charge on any atom is 0.361 e. The molecule has 1 unspecified atom stereocenters. The molecular weight excluding hydrogens is 283 g/mol. The minimum atomic E-state index is -4.69. The molecule has 2 heterocycles. The number of hydrogen-bond acceptors (Lipinski definition) is 6. The molecule has 1 saturated heterocycles. The monoisotopic (exact) mass is 302 g/mol. The smallest absolute Gasteiger partial charge is 0.361 e. The van der Waals surface area contributed by atoms with Gasteiger partial charge in [0.15, 0.2) is 5.34 Å². The van der Waals surface area contributed by atoms with Gasteiger partial charge < -0.3 is 24.7 Å². The van der Waals surface area contributed by atoms with Gasteiger partial charge in [-0.05, 0) is 14.0 Å². The first-order valence-electron chi connectivity index (χ1n) is 6.26. The van der Waals surface area contributed by atoms with Crippen LogP contribution >= 0.6 is 7.60 Å². The summed E-state index contributed by atoms with van der Waals surface area (Å²) in [5.74, 6) is 0.503. The van der Waals surface area contributed by atoms with Gasteiger partial charge in [0, 0.05) is 44.1 Å². The number of aromatic nitrogens is 2. The Bertz CT molecular complexity index is 508. The van der Waals surface area contributed by atoms with Crippen LogP contribution in [0.5, 0.6) is 0 Å². The molecule has 1 aromatic rings.